The molecular formula is C52H76N16O10S2. The number of ether oxygens (including phenoxy) is 2. The number of amides is 2. The van der Waals surface area contributed by atoms with Crippen LogP contribution in [0.15, 0.2) is 43.9 Å². The predicted molar refractivity (Wildman–Crippen MR) is 301 cm³/mol. The van der Waals surface area contributed by atoms with Gasteiger partial charge in [-0.2, -0.15) is 18.8 Å². The molecule has 2 amide bonds. The molecule has 80 heavy (non-hydrogen) atoms. The van der Waals surface area contributed by atoms with E-state index in [2.05, 4.69) is 53.8 Å². The van der Waals surface area contributed by atoms with E-state index in [-0.39, 0.29) is 80.3 Å². The quantitative estimate of drug-likeness (QED) is 0.0924. The minimum atomic E-state index is -3.84. The summed E-state index contributed by atoms with van der Waals surface area (Å²) in [5.74, 6) is 0.213. The molecule has 28 heteroatoms. The highest BCUT2D eigenvalue weighted by atomic mass is 32.2. The summed E-state index contributed by atoms with van der Waals surface area (Å²) in [6.45, 7) is 18.4. The lowest BCUT2D eigenvalue weighted by Gasteiger charge is -2.33. The smallest absolute Gasteiger partial charge is 0.279 e. The predicted octanol–water partition coefficient (Wildman–Crippen LogP) is 2.67. The maximum atomic E-state index is 13.6. The third-order valence-electron chi connectivity index (χ3n) is 14.1. The number of nitrogens with zero attached hydrogens (tertiary/aromatic N) is 14. The average molecular weight is 1150 g/mol. The molecule has 8 rings (SSSR count). The Morgan fingerprint density at radius 1 is 0.588 bits per heavy atom. The molecule has 2 N–H and O–H groups in total. The number of hydrogen-bond acceptors (Lipinski definition) is 18. The van der Waals surface area contributed by atoms with Gasteiger partial charge in [0.1, 0.15) is 45.6 Å². The van der Waals surface area contributed by atoms with Crippen molar-refractivity contribution in [3.8, 4) is 34.5 Å². The van der Waals surface area contributed by atoms with Crippen molar-refractivity contribution in [2.45, 2.75) is 103 Å². The van der Waals surface area contributed by atoms with Crippen LogP contribution >= 0.6 is 0 Å². The molecule has 0 atom stereocenters. The van der Waals surface area contributed by atoms with Gasteiger partial charge in [0.15, 0.2) is 11.0 Å². The molecular weight excluding hydrogens is 1070 g/mol. The van der Waals surface area contributed by atoms with Gasteiger partial charge in [-0.05, 0) is 50.9 Å². The Bertz CT molecular complexity index is 3390. The number of piperazine rings is 2. The van der Waals surface area contributed by atoms with Crippen molar-refractivity contribution in [1.82, 2.24) is 77.7 Å². The van der Waals surface area contributed by atoms with Gasteiger partial charge >= 0.3 is 0 Å². The number of likely N-dealkylation sites (N-methyl/N-ethyl adjacent to an activating group) is 4. The summed E-state index contributed by atoms with van der Waals surface area (Å²) in [6, 6.07) is 2.93. The Morgan fingerprint density at radius 2 is 1.04 bits per heavy atom. The van der Waals surface area contributed by atoms with Gasteiger partial charge in [0.2, 0.25) is 43.6 Å². The second kappa shape index (κ2) is 26.7. The van der Waals surface area contributed by atoms with Crippen LogP contribution in [0.4, 0.5) is 0 Å². The van der Waals surface area contributed by atoms with E-state index in [1.165, 1.54) is 52.3 Å². The maximum Gasteiger partial charge on any atom is 0.279 e. The van der Waals surface area contributed by atoms with E-state index in [1.54, 1.807) is 28.2 Å². The van der Waals surface area contributed by atoms with Crippen LogP contribution in [0.2, 0.25) is 0 Å². The molecule has 6 aromatic rings. The van der Waals surface area contributed by atoms with Crippen molar-refractivity contribution >= 4 is 53.9 Å². The summed E-state index contributed by atoms with van der Waals surface area (Å²) in [5, 5.41) is 8.84. The maximum absolute atomic E-state index is 13.6. The van der Waals surface area contributed by atoms with Crippen molar-refractivity contribution < 1.29 is 35.9 Å². The van der Waals surface area contributed by atoms with E-state index in [9.17, 15) is 36.0 Å². The summed E-state index contributed by atoms with van der Waals surface area (Å²) in [5.41, 5.74) is 1.67. The molecule has 2 aliphatic heterocycles. The number of aromatic nitrogens is 10. The number of rotatable bonds is 22. The molecule has 0 saturated carbocycles. The molecule has 2 aliphatic rings. The van der Waals surface area contributed by atoms with Gasteiger partial charge in [0.05, 0.1) is 48.1 Å². The molecule has 8 heterocycles. The number of aromatic amines is 2. The zero-order valence-electron chi connectivity index (χ0n) is 47.6. The number of H-pyrrole nitrogens is 2. The monoisotopic (exact) mass is 1150 g/mol. The number of aryl methyl sites for hydroxylation is 2. The first kappa shape index (κ1) is 60.9. The van der Waals surface area contributed by atoms with Crippen LogP contribution in [0.5, 0.6) is 11.8 Å². The van der Waals surface area contributed by atoms with Gasteiger partial charge in [-0.25, -0.2) is 41.5 Å². The zero-order chi connectivity index (χ0) is 58.1. The van der Waals surface area contributed by atoms with Crippen molar-refractivity contribution in [2.75, 3.05) is 107 Å². The van der Waals surface area contributed by atoms with E-state index in [0.717, 1.165) is 38.8 Å². The van der Waals surface area contributed by atoms with Crippen molar-refractivity contribution in [1.29, 1.82) is 0 Å². The van der Waals surface area contributed by atoms with Crippen LogP contribution in [0, 0.1) is 0 Å². The number of carbonyl (C=O) groups excluding carboxylic acids is 2. The Kier molecular flexibility index (Phi) is 20.3. The molecule has 2 saturated heterocycles. The first-order valence-electron chi connectivity index (χ1n) is 27.3. The third-order valence-corrected chi connectivity index (χ3v) is 17.8. The van der Waals surface area contributed by atoms with Gasteiger partial charge in [0.25, 0.3) is 11.1 Å². The highest BCUT2D eigenvalue weighted by Gasteiger charge is 2.32. The van der Waals surface area contributed by atoms with Crippen LogP contribution in [0.1, 0.15) is 78.6 Å². The van der Waals surface area contributed by atoms with Gasteiger partial charge < -0.3 is 39.0 Å². The van der Waals surface area contributed by atoms with E-state index in [0.29, 0.717) is 101 Å². The number of unbranched alkanes of at least 4 members (excludes halogenated alkanes) is 2. The number of fused-ring (bicyclic) bond motifs is 2. The standard InChI is InChI=1S/2C26H38N8O5S/c1-6-9-14-39-26-19(15-18(16-27-26)40(37,38)33-12-10-32(8-3)11-13-33)24-28-22-20(7-2)34(17-21(35)31(4)5)30-23(22)25(36)29-24;1-6-9-14-39-26-19(15-18(16-27-26)40(37,38)33-12-10-32(8-3)11-13-33)24-28-22-20(7-2)30-34(17-21(35)31(4)5)23(22)25(36)29-24/h2*15-16H,6-14,17H2,1-5H3,(H,28,29,36). The van der Waals surface area contributed by atoms with E-state index in [1.807, 2.05) is 27.7 Å². The van der Waals surface area contributed by atoms with Crippen molar-refractivity contribution in [3.05, 3.63) is 56.6 Å². The Morgan fingerprint density at radius 3 is 1.46 bits per heavy atom. The fourth-order valence-electron chi connectivity index (χ4n) is 9.06. The molecule has 2 fully saturated rings. The SMILES string of the molecule is CCCCOc1ncc(S(=O)(=O)N2CCN(CC)CC2)cc1-c1nc2c(CC)n(CC(=O)N(C)C)nc2c(=O)[nH]1.CCCCOc1ncc(S(=O)(=O)N2CCN(CC)CC2)cc1-c1nc2c(CC)nn(CC(=O)N(C)C)c2c(=O)[nH]1. The first-order valence-corrected chi connectivity index (χ1v) is 30.2. The molecule has 0 radical (unpaired) electrons. The number of carbonyl (C=O) groups is 2. The normalized spacial score (nSPS) is 15.0. The lowest BCUT2D eigenvalue weighted by Crippen LogP contribution is -2.48. The lowest BCUT2D eigenvalue weighted by molar-refractivity contribution is -0.130. The molecule has 0 spiro atoms. The largest absolute Gasteiger partial charge is 0.477 e. The summed E-state index contributed by atoms with van der Waals surface area (Å²) in [7, 11) is -1.11. The summed E-state index contributed by atoms with van der Waals surface area (Å²) in [4.78, 5) is 82.2. The van der Waals surface area contributed by atoms with Crippen LogP contribution in [0.3, 0.4) is 0 Å². The van der Waals surface area contributed by atoms with E-state index in [4.69, 9.17) is 19.4 Å². The van der Waals surface area contributed by atoms with E-state index >= 15 is 0 Å². The van der Waals surface area contributed by atoms with Crippen LogP contribution in [0.25, 0.3) is 44.8 Å². The Labute approximate surface area is 466 Å². The summed E-state index contributed by atoms with van der Waals surface area (Å²) < 4.78 is 71.8. The van der Waals surface area contributed by atoms with Crippen molar-refractivity contribution in [3.63, 3.8) is 0 Å². The van der Waals surface area contributed by atoms with Gasteiger partial charge in [-0.15, -0.1) is 0 Å². The lowest BCUT2D eigenvalue weighted by atomic mass is 10.2. The average Bonchev–Trinajstić information content (AvgIpc) is 4.07. The molecule has 26 nitrogen and oxygen atoms in total. The molecule has 0 aliphatic carbocycles. The first-order chi connectivity index (χ1) is 38.2. The van der Waals surface area contributed by atoms with E-state index < -0.39 is 31.2 Å². The highest BCUT2D eigenvalue weighted by molar-refractivity contribution is 7.89. The number of pyridine rings is 2. The topological polar surface area (TPSA) is 293 Å². The number of nitrogens with one attached hydrogen (secondary N) is 2. The van der Waals surface area contributed by atoms with Crippen LogP contribution in [-0.4, -0.2) is 213 Å². The second-order valence-corrected chi connectivity index (χ2v) is 23.7. The fraction of sp³-hybridized carbons (Fsp3) is 0.577. The molecule has 0 aromatic carbocycles. The molecule has 0 unspecified atom stereocenters. The Hall–Kier alpha value is -6.72. The third kappa shape index (κ3) is 13.5. The summed E-state index contributed by atoms with van der Waals surface area (Å²) in [6.07, 6.45) is 6.90. The molecule has 6 aromatic heterocycles. The summed E-state index contributed by atoms with van der Waals surface area (Å²) >= 11 is 0. The second-order valence-electron chi connectivity index (χ2n) is 19.8. The minimum absolute atomic E-state index is 0.000950. The minimum Gasteiger partial charge on any atom is -0.477 e. The molecule has 436 valence electrons. The zero-order valence-corrected chi connectivity index (χ0v) is 49.2. The Balaban J connectivity index is 0.000000231. The number of hydrogen-bond donors (Lipinski definition) is 2. The number of sulfonamides is 2. The molecule has 0 bridgehead atoms. The van der Waals surface area contributed by atoms with Gasteiger partial charge in [-0.1, -0.05) is 54.4 Å². The van der Waals surface area contributed by atoms with Gasteiger partial charge in [0, 0.05) is 80.5 Å². The van der Waals surface area contributed by atoms with Crippen LogP contribution in [-0.2, 0) is 55.6 Å². The van der Waals surface area contributed by atoms with Crippen LogP contribution < -0.4 is 20.6 Å². The van der Waals surface area contributed by atoms with Crippen molar-refractivity contribution in [2.24, 2.45) is 0 Å². The highest BCUT2D eigenvalue weighted by Crippen LogP contribution is 2.33. The van der Waals surface area contributed by atoms with Gasteiger partial charge in [-0.3, -0.25) is 23.9 Å². The fourth-order valence-corrected chi connectivity index (χ4v) is 11.8.